The van der Waals surface area contributed by atoms with Gasteiger partial charge in [0.2, 0.25) is 5.95 Å². The minimum Gasteiger partial charge on any atom is -0.493 e. The van der Waals surface area contributed by atoms with E-state index in [0.29, 0.717) is 17.1 Å². The van der Waals surface area contributed by atoms with Crippen molar-refractivity contribution >= 4 is 22.9 Å². The van der Waals surface area contributed by atoms with E-state index in [0.717, 1.165) is 30.2 Å². The van der Waals surface area contributed by atoms with E-state index in [2.05, 4.69) is 32.8 Å². The molecule has 0 bridgehead atoms. The summed E-state index contributed by atoms with van der Waals surface area (Å²) in [5.74, 6) is 1.94. The van der Waals surface area contributed by atoms with Crippen LogP contribution in [0.25, 0.3) is 16.9 Å². The Kier molecular flexibility index (Phi) is 5.04. The smallest absolute Gasteiger partial charge is 0.224 e. The number of fused-ring (bicyclic) bond motifs is 1. The van der Waals surface area contributed by atoms with Gasteiger partial charge in [-0.05, 0) is 69.1 Å². The molecule has 8 nitrogen and oxygen atoms in total. The number of imidazole rings is 1. The third-order valence-electron chi connectivity index (χ3n) is 5.51. The Balaban J connectivity index is 1.50. The zero-order chi connectivity index (χ0) is 19.7. The molecule has 0 radical (unpaired) electrons. The van der Waals surface area contributed by atoms with Crippen molar-refractivity contribution < 1.29 is 4.74 Å². The van der Waals surface area contributed by atoms with E-state index in [4.69, 9.17) is 16.2 Å². The van der Waals surface area contributed by atoms with Gasteiger partial charge in [-0.15, -0.1) is 0 Å². The van der Waals surface area contributed by atoms with Crippen LogP contribution in [0.5, 0.6) is 5.75 Å². The summed E-state index contributed by atoms with van der Waals surface area (Å²) in [6, 6.07) is 6.06. The summed E-state index contributed by atoms with van der Waals surface area (Å²) in [6.07, 6.45) is 4.10. The number of likely N-dealkylation sites (tertiary alicyclic amines) is 1. The second-order valence-corrected chi connectivity index (χ2v) is 7.39. The fourth-order valence-electron chi connectivity index (χ4n) is 3.79. The maximum Gasteiger partial charge on any atom is 0.224 e. The van der Waals surface area contributed by atoms with Crippen molar-refractivity contribution in [2.75, 3.05) is 37.7 Å². The lowest BCUT2D eigenvalue weighted by Gasteiger charge is -2.30. The van der Waals surface area contributed by atoms with Crippen molar-refractivity contribution in [1.82, 2.24) is 24.4 Å². The summed E-state index contributed by atoms with van der Waals surface area (Å²) < 4.78 is 7.96. The number of ether oxygens (including phenoxy) is 1. The van der Waals surface area contributed by atoms with E-state index >= 15 is 0 Å². The second-order valence-electron chi connectivity index (χ2n) is 7.39. The second kappa shape index (κ2) is 7.63. The molecule has 4 rings (SSSR count). The molecule has 0 aliphatic carbocycles. The topological polar surface area (TPSA) is 108 Å². The summed E-state index contributed by atoms with van der Waals surface area (Å²) in [6.45, 7) is 8.51. The summed E-state index contributed by atoms with van der Waals surface area (Å²) >= 11 is 0. The van der Waals surface area contributed by atoms with Gasteiger partial charge in [0.25, 0.3) is 0 Å². The van der Waals surface area contributed by atoms with E-state index in [-0.39, 0.29) is 11.8 Å². The Hall–Kier alpha value is -2.87. The molecule has 3 heterocycles. The molecule has 1 aliphatic rings. The van der Waals surface area contributed by atoms with Crippen LogP contribution in [0.15, 0.2) is 24.5 Å². The van der Waals surface area contributed by atoms with Gasteiger partial charge < -0.3 is 21.1 Å². The number of aryl methyl sites for hydroxylation is 1. The maximum absolute atomic E-state index is 6.08. The largest absolute Gasteiger partial charge is 0.493 e. The van der Waals surface area contributed by atoms with Gasteiger partial charge in [0.15, 0.2) is 17.0 Å². The fraction of sp³-hybridized carbons (Fsp3) is 0.450. The average Bonchev–Trinajstić information content (AvgIpc) is 3.11. The normalized spacial score (nSPS) is 15.9. The van der Waals surface area contributed by atoms with Gasteiger partial charge in [-0.2, -0.15) is 9.97 Å². The van der Waals surface area contributed by atoms with Crippen LogP contribution in [-0.2, 0) is 0 Å². The summed E-state index contributed by atoms with van der Waals surface area (Å²) in [5, 5.41) is 0. The molecule has 28 heavy (non-hydrogen) atoms. The maximum atomic E-state index is 6.08. The highest BCUT2D eigenvalue weighted by atomic mass is 16.5. The van der Waals surface area contributed by atoms with Crippen LogP contribution in [0.1, 0.15) is 25.3 Å². The van der Waals surface area contributed by atoms with Crippen LogP contribution in [0.4, 0.5) is 11.8 Å². The van der Waals surface area contributed by atoms with Crippen molar-refractivity contribution in [2.24, 2.45) is 5.92 Å². The third-order valence-corrected chi connectivity index (χ3v) is 5.51. The number of nitrogens with zero attached hydrogens (tertiary/aromatic N) is 5. The Bertz CT molecular complexity index is 976. The van der Waals surface area contributed by atoms with Gasteiger partial charge in [0.05, 0.1) is 12.3 Å². The van der Waals surface area contributed by atoms with Crippen LogP contribution >= 0.6 is 0 Å². The lowest BCUT2D eigenvalue weighted by Crippen LogP contribution is -2.35. The van der Waals surface area contributed by atoms with E-state index in [1.165, 1.54) is 25.9 Å². The molecule has 1 saturated heterocycles. The number of nitrogen functional groups attached to an aromatic ring is 2. The summed E-state index contributed by atoms with van der Waals surface area (Å²) in [4.78, 5) is 15.1. The molecular formula is C20H27N7O. The molecule has 2 aromatic heterocycles. The quantitative estimate of drug-likeness (QED) is 0.698. The number of benzene rings is 1. The molecule has 0 unspecified atom stereocenters. The lowest BCUT2D eigenvalue weighted by atomic mass is 9.98. The Morgan fingerprint density at radius 3 is 2.68 bits per heavy atom. The molecule has 0 saturated carbocycles. The first-order valence-corrected chi connectivity index (χ1v) is 9.77. The number of nitrogens with two attached hydrogens (primary N) is 2. The highest BCUT2D eigenvalue weighted by molar-refractivity contribution is 5.84. The molecule has 148 valence electrons. The summed E-state index contributed by atoms with van der Waals surface area (Å²) in [7, 11) is 0. The number of piperidine rings is 1. The van der Waals surface area contributed by atoms with Gasteiger partial charge >= 0.3 is 0 Å². The molecule has 4 N–H and O–H groups in total. The van der Waals surface area contributed by atoms with Gasteiger partial charge in [0.1, 0.15) is 12.1 Å². The van der Waals surface area contributed by atoms with Crippen molar-refractivity contribution in [3.63, 3.8) is 0 Å². The van der Waals surface area contributed by atoms with Gasteiger partial charge in [-0.25, -0.2) is 4.98 Å². The molecule has 0 amide bonds. The van der Waals surface area contributed by atoms with Crippen molar-refractivity contribution in [3.05, 3.63) is 30.1 Å². The van der Waals surface area contributed by atoms with E-state index in [9.17, 15) is 0 Å². The molecule has 8 heteroatoms. The lowest BCUT2D eigenvalue weighted by molar-refractivity contribution is 0.146. The highest BCUT2D eigenvalue weighted by Crippen LogP contribution is 2.26. The minimum absolute atomic E-state index is 0.137. The molecule has 1 aliphatic heterocycles. The number of hydrogen-bond acceptors (Lipinski definition) is 7. The van der Waals surface area contributed by atoms with E-state index in [1.54, 1.807) is 6.33 Å². The number of aromatic nitrogens is 4. The summed E-state index contributed by atoms with van der Waals surface area (Å²) in [5.41, 5.74) is 14.8. The Labute approximate surface area is 164 Å². The van der Waals surface area contributed by atoms with Gasteiger partial charge in [0, 0.05) is 0 Å². The van der Waals surface area contributed by atoms with Crippen LogP contribution in [-0.4, -0.2) is 50.7 Å². The van der Waals surface area contributed by atoms with Crippen LogP contribution < -0.4 is 16.2 Å². The fourth-order valence-corrected chi connectivity index (χ4v) is 3.79. The predicted molar refractivity (Wildman–Crippen MR) is 111 cm³/mol. The average molecular weight is 381 g/mol. The van der Waals surface area contributed by atoms with E-state index in [1.807, 2.05) is 23.6 Å². The Morgan fingerprint density at radius 1 is 1.18 bits per heavy atom. The van der Waals surface area contributed by atoms with Crippen molar-refractivity contribution in [2.45, 2.75) is 26.7 Å². The minimum atomic E-state index is 0.137. The molecule has 0 spiro atoms. The zero-order valence-corrected chi connectivity index (χ0v) is 16.4. The molecule has 3 aromatic rings. The number of anilines is 2. The van der Waals surface area contributed by atoms with Gasteiger partial charge in [-0.1, -0.05) is 6.92 Å². The standard InChI is InChI=1S/C20H27N7O/c1-3-26-8-6-14(7-9-26)11-28-15-4-5-16(13(2)10-15)27-12-23-17-18(21)24-20(22)25-19(17)27/h4-5,10,12,14H,3,6-9,11H2,1-2H3,(H4,21,22,24,25). The molecule has 1 aromatic carbocycles. The number of rotatable bonds is 5. The zero-order valence-electron chi connectivity index (χ0n) is 16.4. The first kappa shape index (κ1) is 18.5. The van der Waals surface area contributed by atoms with Crippen molar-refractivity contribution in [1.29, 1.82) is 0 Å². The molecule has 1 fully saturated rings. The highest BCUT2D eigenvalue weighted by Gasteiger charge is 2.19. The first-order valence-electron chi connectivity index (χ1n) is 9.77. The third kappa shape index (κ3) is 3.60. The first-order chi connectivity index (χ1) is 13.5. The SMILES string of the molecule is CCN1CCC(COc2ccc(-n3cnc4c(N)nc(N)nc43)c(C)c2)CC1. The molecule has 0 atom stereocenters. The van der Waals surface area contributed by atoms with Crippen LogP contribution in [0.2, 0.25) is 0 Å². The number of hydrogen-bond donors (Lipinski definition) is 2. The monoisotopic (exact) mass is 381 g/mol. The van der Waals surface area contributed by atoms with Crippen LogP contribution in [0.3, 0.4) is 0 Å². The van der Waals surface area contributed by atoms with Crippen molar-refractivity contribution in [3.8, 4) is 11.4 Å². The van der Waals surface area contributed by atoms with E-state index < -0.39 is 0 Å². The van der Waals surface area contributed by atoms with Crippen LogP contribution in [0, 0.1) is 12.8 Å². The Morgan fingerprint density at radius 2 is 1.96 bits per heavy atom. The molecular weight excluding hydrogens is 354 g/mol. The van der Waals surface area contributed by atoms with Gasteiger partial charge in [-0.3, -0.25) is 4.57 Å². The predicted octanol–water partition coefficient (Wildman–Crippen LogP) is 2.40.